The Hall–Kier alpha value is -2.70. The number of ether oxygens (including phenoxy) is 2. The number of carbonyl (C=O) groups is 1. The van der Waals surface area contributed by atoms with Crippen molar-refractivity contribution in [1.29, 1.82) is 0 Å². The maximum absolute atomic E-state index is 12.7. The maximum Gasteiger partial charge on any atom is 0.416 e. The summed E-state index contributed by atoms with van der Waals surface area (Å²) in [6, 6.07) is 13.9. The van der Waals surface area contributed by atoms with Crippen molar-refractivity contribution >= 4 is 6.09 Å². The summed E-state index contributed by atoms with van der Waals surface area (Å²) in [5.41, 5.74) is 0.136. The van der Waals surface area contributed by atoms with Crippen LogP contribution in [0.4, 0.5) is 18.0 Å². The Morgan fingerprint density at radius 3 is 2.23 bits per heavy atom. The van der Waals surface area contributed by atoms with Gasteiger partial charge in [0.05, 0.1) is 12.7 Å². The van der Waals surface area contributed by atoms with Crippen molar-refractivity contribution < 1.29 is 27.4 Å². The summed E-state index contributed by atoms with van der Waals surface area (Å²) >= 11 is 0. The normalized spacial score (nSPS) is 12.3. The fraction of sp³-hybridized carbons (Fsp3) is 0.316. The van der Waals surface area contributed by atoms with Crippen LogP contribution in [0, 0.1) is 0 Å². The fourth-order valence-electron chi connectivity index (χ4n) is 2.41. The smallest absolute Gasteiger partial charge is 0.416 e. The van der Waals surface area contributed by atoms with E-state index < -0.39 is 23.9 Å². The maximum atomic E-state index is 12.7. The molecule has 4 nitrogen and oxygen atoms in total. The average molecular weight is 367 g/mol. The molecule has 1 unspecified atom stereocenters. The lowest BCUT2D eigenvalue weighted by atomic mass is 10.1. The zero-order valence-electron chi connectivity index (χ0n) is 14.5. The van der Waals surface area contributed by atoms with Crippen LogP contribution in [0.1, 0.15) is 23.7 Å². The second-order valence-corrected chi connectivity index (χ2v) is 5.72. The van der Waals surface area contributed by atoms with E-state index in [9.17, 15) is 18.0 Å². The standard InChI is InChI=1S/C19H20F3NO3/c1-23(18(24)25-2)13-12-17(14-6-4-3-5-7-14)26-16-10-8-15(9-11-16)19(20,21)22/h3-11,17H,12-13H2,1-2H3. The highest BCUT2D eigenvalue weighted by Crippen LogP contribution is 2.32. The molecule has 0 saturated carbocycles. The number of hydrogen-bond acceptors (Lipinski definition) is 3. The number of rotatable bonds is 6. The van der Waals surface area contributed by atoms with E-state index in [0.717, 1.165) is 17.7 Å². The molecular formula is C19H20F3NO3. The van der Waals surface area contributed by atoms with Gasteiger partial charge in [0, 0.05) is 20.0 Å². The minimum absolute atomic E-state index is 0.326. The minimum atomic E-state index is -4.39. The molecule has 0 heterocycles. The van der Waals surface area contributed by atoms with Gasteiger partial charge in [-0.2, -0.15) is 13.2 Å². The molecule has 0 aliphatic heterocycles. The Bertz CT molecular complexity index is 702. The summed E-state index contributed by atoms with van der Waals surface area (Å²) in [5.74, 6) is 0.326. The molecule has 0 bridgehead atoms. The second-order valence-electron chi connectivity index (χ2n) is 5.72. The summed E-state index contributed by atoms with van der Waals surface area (Å²) in [6.45, 7) is 0.368. The van der Waals surface area contributed by atoms with E-state index in [1.54, 1.807) is 7.05 Å². The van der Waals surface area contributed by atoms with Gasteiger partial charge < -0.3 is 14.4 Å². The van der Waals surface area contributed by atoms with Gasteiger partial charge in [-0.3, -0.25) is 0 Å². The quantitative estimate of drug-likeness (QED) is 0.728. The number of benzene rings is 2. The van der Waals surface area contributed by atoms with Gasteiger partial charge >= 0.3 is 12.3 Å². The third kappa shape index (κ3) is 5.40. The Labute approximate surface area is 150 Å². The van der Waals surface area contributed by atoms with E-state index in [4.69, 9.17) is 4.74 Å². The Morgan fingerprint density at radius 2 is 1.69 bits per heavy atom. The summed E-state index contributed by atoms with van der Waals surface area (Å²) in [7, 11) is 2.90. The molecule has 0 aliphatic rings. The summed E-state index contributed by atoms with van der Waals surface area (Å²) in [5, 5.41) is 0. The summed E-state index contributed by atoms with van der Waals surface area (Å²) in [4.78, 5) is 12.9. The molecule has 2 aromatic carbocycles. The number of hydrogen-bond donors (Lipinski definition) is 0. The molecule has 0 saturated heterocycles. The van der Waals surface area contributed by atoms with Crippen LogP contribution in [0.3, 0.4) is 0 Å². The fourth-order valence-corrected chi connectivity index (χ4v) is 2.41. The lowest BCUT2D eigenvalue weighted by Crippen LogP contribution is -2.29. The van der Waals surface area contributed by atoms with Gasteiger partial charge in [-0.1, -0.05) is 30.3 Å². The molecule has 26 heavy (non-hydrogen) atoms. The number of halogens is 3. The first-order valence-electron chi connectivity index (χ1n) is 7.99. The van der Waals surface area contributed by atoms with Crippen molar-refractivity contribution in [3.8, 4) is 5.75 Å². The van der Waals surface area contributed by atoms with Crippen LogP contribution < -0.4 is 4.74 Å². The van der Waals surface area contributed by atoms with Crippen molar-refractivity contribution in [1.82, 2.24) is 4.90 Å². The largest absolute Gasteiger partial charge is 0.486 e. The van der Waals surface area contributed by atoms with Crippen molar-refractivity contribution in [3.63, 3.8) is 0 Å². The number of amides is 1. The third-order valence-corrected chi connectivity index (χ3v) is 3.84. The molecule has 1 atom stereocenters. The lowest BCUT2D eigenvalue weighted by molar-refractivity contribution is -0.137. The summed E-state index contributed by atoms with van der Waals surface area (Å²) < 4.78 is 48.6. The molecule has 2 rings (SSSR count). The van der Waals surface area contributed by atoms with E-state index in [-0.39, 0.29) is 0 Å². The Balaban J connectivity index is 2.13. The first-order chi connectivity index (χ1) is 12.3. The van der Waals surface area contributed by atoms with Gasteiger partial charge in [-0.15, -0.1) is 0 Å². The van der Waals surface area contributed by atoms with E-state index in [2.05, 4.69) is 4.74 Å². The zero-order chi connectivity index (χ0) is 19.2. The van der Waals surface area contributed by atoms with Crippen LogP contribution >= 0.6 is 0 Å². The van der Waals surface area contributed by atoms with Crippen LogP contribution in [-0.2, 0) is 10.9 Å². The minimum Gasteiger partial charge on any atom is -0.486 e. The molecule has 0 radical (unpaired) electrons. The first-order valence-corrected chi connectivity index (χ1v) is 7.99. The molecule has 2 aromatic rings. The average Bonchev–Trinajstić information content (AvgIpc) is 2.64. The van der Waals surface area contributed by atoms with Crippen molar-refractivity contribution in [2.24, 2.45) is 0 Å². The van der Waals surface area contributed by atoms with E-state index in [1.165, 1.54) is 24.1 Å². The van der Waals surface area contributed by atoms with Crippen molar-refractivity contribution in [2.45, 2.75) is 18.7 Å². The van der Waals surface area contributed by atoms with Crippen LogP contribution in [-0.4, -0.2) is 31.7 Å². The number of nitrogens with zero attached hydrogens (tertiary/aromatic N) is 1. The lowest BCUT2D eigenvalue weighted by Gasteiger charge is -2.23. The van der Waals surface area contributed by atoms with Gasteiger partial charge in [0.25, 0.3) is 0 Å². The van der Waals surface area contributed by atoms with E-state index in [1.807, 2.05) is 30.3 Å². The highest BCUT2D eigenvalue weighted by Gasteiger charge is 2.30. The monoisotopic (exact) mass is 367 g/mol. The van der Waals surface area contributed by atoms with Gasteiger partial charge in [0.15, 0.2) is 0 Å². The first kappa shape index (κ1) is 19.6. The highest BCUT2D eigenvalue weighted by molar-refractivity contribution is 5.66. The zero-order valence-corrected chi connectivity index (χ0v) is 14.5. The van der Waals surface area contributed by atoms with Crippen molar-refractivity contribution in [2.75, 3.05) is 20.7 Å². The van der Waals surface area contributed by atoms with Gasteiger partial charge in [-0.05, 0) is 29.8 Å². The van der Waals surface area contributed by atoms with E-state index in [0.29, 0.717) is 18.7 Å². The van der Waals surface area contributed by atoms with Crippen LogP contribution in [0.2, 0.25) is 0 Å². The van der Waals surface area contributed by atoms with Crippen LogP contribution in [0.15, 0.2) is 54.6 Å². The van der Waals surface area contributed by atoms with Crippen molar-refractivity contribution in [3.05, 3.63) is 65.7 Å². The second kappa shape index (κ2) is 8.60. The predicted molar refractivity (Wildman–Crippen MR) is 90.9 cm³/mol. The third-order valence-electron chi connectivity index (χ3n) is 3.84. The Morgan fingerprint density at radius 1 is 1.08 bits per heavy atom. The van der Waals surface area contributed by atoms with Gasteiger partial charge in [0.1, 0.15) is 11.9 Å². The molecular weight excluding hydrogens is 347 g/mol. The molecule has 7 heteroatoms. The van der Waals surface area contributed by atoms with Crippen LogP contribution in [0.25, 0.3) is 0 Å². The SMILES string of the molecule is COC(=O)N(C)CCC(Oc1ccc(C(F)(F)F)cc1)c1ccccc1. The topological polar surface area (TPSA) is 38.8 Å². The Kier molecular flexibility index (Phi) is 6.49. The molecule has 140 valence electrons. The van der Waals surface area contributed by atoms with E-state index >= 15 is 0 Å². The van der Waals surface area contributed by atoms with Gasteiger partial charge in [-0.25, -0.2) is 4.79 Å². The molecule has 0 aromatic heterocycles. The summed E-state index contributed by atoms with van der Waals surface area (Å²) in [6.07, 6.45) is -4.82. The molecule has 1 amide bonds. The molecule has 0 fully saturated rings. The molecule has 0 N–H and O–H groups in total. The molecule has 0 aliphatic carbocycles. The van der Waals surface area contributed by atoms with Crippen LogP contribution in [0.5, 0.6) is 5.75 Å². The predicted octanol–water partition coefficient (Wildman–Crippen LogP) is 4.91. The number of alkyl halides is 3. The van der Waals surface area contributed by atoms with Gasteiger partial charge in [0.2, 0.25) is 0 Å². The highest BCUT2D eigenvalue weighted by atomic mass is 19.4. The number of methoxy groups -OCH3 is 1. The number of carbonyl (C=O) groups excluding carboxylic acids is 1. The molecule has 0 spiro atoms.